The predicted octanol–water partition coefficient (Wildman–Crippen LogP) is 6.13. The number of nitrogens with one attached hydrogen (secondary N) is 1. The van der Waals surface area contributed by atoms with Crippen molar-refractivity contribution in [1.82, 2.24) is 15.0 Å². The lowest BCUT2D eigenvalue weighted by atomic mass is 9.73. The Hall–Kier alpha value is -3.39. The van der Waals surface area contributed by atoms with E-state index >= 15 is 0 Å². The highest BCUT2D eigenvalue weighted by Crippen LogP contribution is 2.40. The second-order valence-corrected chi connectivity index (χ2v) is 11.3. The van der Waals surface area contributed by atoms with Crippen LogP contribution in [0.3, 0.4) is 0 Å². The zero-order valence-electron chi connectivity index (χ0n) is 22.0. The normalized spacial score (nSPS) is 19.8. The molecule has 3 heterocycles. The van der Waals surface area contributed by atoms with Crippen LogP contribution in [0.1, 0.15) is 70.2 Å². The van der Waals surface area contributed by atoms with Crippen LogP contribution in [0.5, 0.6) is 0 Å². The van der Waals surface area contributed by atoms with Crippen LogP contribution in [0, 0.1) is 24.6 Å². The van der Waals surface area contributed by atoms with E-state index in [4.69, 9.17) is 4.98 Å². The largest absolute Gasteiger partial charge is 0.481 e. The molecular formula is C29H35FN4O3. The highest BCUT2D eigenvalue weighted by Gasteiger charge is 2.38. The summed E-state index contributed by atoms with van der Waals surface area (Å²) >= 11 is 0. The van der Waals surface area contributed by atoms with Crippen molar-refractivity contribution in [1.29, 1.82) is 0 Å². The maximum atomic E-state index is 14.3. The number of aromatic nitrogens is 3. The van der Waals surface area contributed by atoms with Gasteiger partial charge in [0.2, 0.25) is 0 Å². The zero-order valence-corrected chi connectivity index (χ0v) is 22.0. The molecule has 37 heavy (non-hydrogen) atoms. The summed E-state index contributed by atoms with van der Waals surface area (Å²) in [4.78, 5) is 24.7. The molecule has 1 aliphatic rings. The molecule has 3 aromatic rings. The summed E-state index contributed by atoms with van der Waals surface area (Å²) in [5.74, 6) is -0.381. The Kier molecular flexibility index (Phi) is 7.33. The fourth-order valence-corrected chi connectivity index (χ4v) is 5.05. The van der Waals surface area contributed by atoms with Gasteiger partial charge in [0.15, 0.2) is 0 Å². The molecule has 0 saturated heterocycles. The first-order chi connectivity index (χ1) is 17.3. The maximum absolute atomic E-state index is 14.3. The lowest BCUT2D eigenvalue weighted by molar-refractivity contribution is -0.144. The Bertz CT molecular complexity index is 1280. The van der Waals surface area contributed by atoms with Crippen molar-refractivity contribution in [2.45, 2.75) is 71.3 Å². The quantitative estimate of drug-likeness (QED) is 0.369. The minimum Gasteiger partial charge on any atom is -0.481 e. The van der Waals surface area contributed by atoms with Crippen molar-refractivity contribution in [3.63, 3.8) is 0 Å². The van der Waals surface area contributed by atoms with E-state index in [0.29, 0.717) is 54.3 Å². The minimum absolute atomic E-state index is 0.0458. The van der Waals surface area contributed by atoms with Crippen LogP contribution in [0.15, 0.2) is 42.7 Å². The van der Waals surface area contributed by atoms with E-state index in [1.54, 1.807) is 19.2 Å². The van der Waals surface area contributed by atoms with Crippen LogP contribution in [0.25, 0.3) is 11.3 Å². The first-order valence-corrected chi connectivity index (χ1v) is 12.7. The summed E-state index contributed by atoms with van der Waals surface area (Å²) in [6.07, 6.45) is 5.36. The number of pyridine rings is 3. The first kappa shape index (κ1) is 26.7. The number of rotatable bonds is 6. The molecule has 0 bridgehead atoms. The fraction of sp³-hybridized carbons (Fsp3) is 0.448. The van der Waals surface area contributed by atoms with E-state index in [0.717, 1.165) is 11.1 Å². The van der Waals surface area contributed by atoms with E-state index in [1.165, 1.54) is 6.20 Å². The first-order valence-electron chi connectivity index (χ1n) is 12.7. The van der Waals surface area contributed by atoms with Crippen LogP contribution in [0.2, 0.25) is 0 Å². The molecule has 1 unspecified atom stereocenters. The SMILES string of the molecule is Cc1cc(Nc2cc(C(C)(C)C)c(F)cn2)nc(-c2ccc(C(C)(O)C3CCC(C(=O)O)CC3)nc2)c1. The van der Waals surface area contributed by atoms with E-state index in [9.17, 15) is 19.4 Å². The number of hydrogen-bond acceptors (Lipinski definition) is 6. The second kappa shape index (κ2) is 10.2. The molecule has 8 heteroatoms. The van der Waals surface area contributed by atoms with Crippen molar-refractivity contribution < 1.29 is 19.4 Å². The van der Waals surface area contributed by atoms with Crippen LogP contribution >= 0.6 is 0 Å². The summed E-state index contributed by atoms with van der Waals surface area (Å²) in [5.41, 5.74) is 2.11. The van der Waals surface area contributed by atoms with Gasteiger partial charge in [-0.2, -0.15) is 0 Å². The Morgan fingerprint density at radius 2 is 1.70 bits per heavy atom. The summed E-state index contributed by atoms with van der Waals surface area (Å²) in [6, 6.07) is 9.25. The van der Waals surface area contributed by atoms with Crippen molar-refractivity contribution in [3.05, 3.63) is 65.4 Å². The van der Waals surface area contributed by atoms with Gasteiger partial charge < -0.3 is 15.5 Å². The van der Waals surface area contributed by atoms with Crippen molar-refractivity contribution in [2.75, 3.05) is 5.32 Å². The molecule has 4 rings (SSSR count). The molecule has 0 amide bonds. The van der Waals surface area contributed by atoms with Crippen LogP contribution < -0.4 is 5.32 Å². The van der Waals surface area contributed by atoms with Crippen LogP contribution in [0.4, 0.5) is 16.0 Å². The highest BCUT2D eigenvalue weighted by atomic mass is 19.1. The smallest absolute Gasteiger partial charge is 0.306 e. The van der Waals surface area contributed by atoms with Gasteiger partial charge in [-0.05, 0) is 92.3 Å². The molecule has 1 fully saturated rings. The minimum atomic E-state index is -1.15. The van der Waals surface area contributed by atoms with Gasteiger partial charge in [0.1, 0.15) is 23.1 Å². The number of carboxylic acid groups (broad SMARTS) is 1. The van der Waals surface area contributed by atoms with Crippen LogP contribution in [-0.2, 0) is 15.8 Å². The average Bonchev–Trinajstić information content (AvgIpc) is 2.84. The average molecular weight is 507 g/mol. The third-order valence-corrected chi connectivity index (χ3v) is 7.34. The highest BCUT2D eigenvalue weighted by molar-refractivity contribution is 5.70. The Balaban J connectivity index is 1.53. The molecule has 3 aromatic heterocycles. The number of aliphatic hydroxyl groups is 1. The number of anilines is 2. The molecule has 7 nitrogen and oxygen atoms in total. The number of carbonyl (C=O) groups is 1. The number of hydrogen-bond donors (Lipinski definition) is 3. The Labute approximate surface area is 217 Å². The van der Waals surface area contributed by atoms with Crippen LogP contribution in [-0.4, -0.2) is 31.1 Å². The summed E-state index contributed by atoms with van der Waals surface area (Å²) < 4.78 is 14.3. The standard InChI is InChI=1S/C29H35FN4O3/c1-17-12-23(33-26(13-17)34-25-14-21(28(2,3)4)22(30)16-32-25)19-8-11-24(31-15-19)29(5,37)20-9-6-18(7-10-20)27(35)36/h8,11-16,18,20,37H,6-7,9-10H2,1-5H3,(H,35,36)(H,32,33,34). The summed E-state index contributed by atoms with van der Waals surface area (Å²) in [7, 11) is 0. The molecule has 0 radical (unpaired) electrons. The number of nitrogens with zero attached hydrogens (tertiary/aromatic N) is 3. The van der Waals surface area contributed by atoms with E-state index in [2.05, 4.69) is 15.3 Å². The van der Waals surface area contributed by atoms with Gasteiger partial charge in [-0.25, -0.2) is 14.4 Å². The van der Waals surface area contributed by atoms with Gasteiger partial charge in [0.05, 0.1) is 23.5 Å². The van der Waals surface area contributed by atoms with Gasteiger partial charge in [-0.1, -0.05) is 20.8 Å². The second-order valence-electron chi connectivity index (χ2n) is 11.3. The van der Waals surface area contributed by atoms with Crippen molar-refractivity contribution in [3.8, 4) is 11.3 Å². The number of aliphatic carboxylic acids is 1. The lowest BCUT2D eigenvalue weighted by Crippen LogP contribution is -2.36. The number of aryl methyl sites for hydroxylation is 1. The third kappa shape index (κ3) is 5.96. The molecule has 0 aliphatic heterocycles. The number of halogens is 1. The van der Waals surface area contributed by atoms with Gasteiger partial charge in [0, 0.05) is 11.8 Å². The maximum Gasteiger partial charge on any atom is 0.306 e. The van der Waals surface area contributed by atoms with Gasteiger partial charge >= 0.3 is 5.97 Å². The fourth-order valence-electron chi connectivity index (χ4n) is 5.05. The molecule has 0 aromatic carbocycles. The lowest BCUT2D eigenvalue weighted by Gasteiger charge is -2.36. The van der Waals surface area contributed by atoms with Gasteiger partial charge in [-0.3, -0.25) is 9.78 Å². The summed E-state index contributed by atoms with van der Waals surface area (Å²) in [6.45, 7) is 9.58. The molecule has 0 spiro atoms. The topological polar surface area (TPSA) is 108 Å². The molecule has 196 valence electrons. The molecule has 1 atom stereocenters. The van der Waals surface area contributed by atoms with E-state index in [-0.39, 0.29) is 23.1 Å². The van der Waals surface area contributed by atoms with Crippen molar-refractivity contribution in [2.24, 2.45) is 11.8 Å². The predicted molar refractivity (Wildman–Crippen MR) is 141 cm³/mol. The Morgan fingerprint density at radius 3 is 2.30 bits per heavy atom. The third-order valence-electron chi connectivity index (χ3n) is 7.34. The number of carboxylic acids is 1. The molecular weight excluding hydrogens is 471 g/mol. The molecule has 3 N–H and O–H groups in total. The Morgan fingerprint density at radius 1 is 1.00 bits per heavy atom. The van der Waals surface area contributed by atoms with Crippen molar-refractivity contribution >= 4 is 17.6 Å². The summed E-state index contributed by atoms with van der Waals surface area (Å²) in [5, 5.41) is 23.7. The molecule has 1 aliphatic carbocycles. The molecule has 1 saturated carbocycles. The van der Waals surface area contributed by atoms with Gasteiger partial charge in [-0.15, -0.1) is 0 Å². The van der Waals surface area contributed by atoms with E-state index < -0.39 is 11.6 Å². The van der Waals surface area contributed by atoms with Gasteiger partial charge in [0.25, 0.3) is 0 Å². The monoisotopic (exact) mass is 506 g/mol. The van der Waals surface area contributed by atoms with E-state index in [1.807, 2.05) is 52.0 Å². The zero-order chi connectivity index (χ0) is 27.0.